The summed E-state index contributed by atoms with van der Waals surface area (Å²) in [5.41, 5.74) is 0. The van der Waals surface area contributed by atoms with E-state index in [-0.39, 0.29) is 0 Å². The van der Waals surface area contributed by atoms with Gasteiger partial charge in [0.25, 0.3) is 0 Å². The lowest BCUT2D eigenvalue weighted by molar-refractivity contribution is -0.124. The van der Waals surface area contributed by atoms with Crippen LogP contribution in [-0.2, 0) is 0 Å². The van der Waals surface area contributed by atoms with Crippen molar-refractivity contribution in [2.75, 3.05) is 18.8 Å². The van der Waals surface area contributed by atoms with Gasteiger partial charge in [0.15, 0.2) is 0 Å². The van der Waals surface area contributed by atoms with Gasteiger partial charge >= 0.3 is 6.18 Å². The molecule has 1 rings (SSSR count). The van der Waals surface area contributed by atoms with Crippen LogP contribution in [0.1, 0.15) is 0 Å². The van der Waals surface area contributed by atoms with Crippen LogP contribution in [-0.4, -0.2) is 25.0 Å². The molecule has 0 aromatic heterocycles. The van der Waals surface area contributed by atoms with Crippen LogP contribution in [0.15, 0.2) is 29.2 Å². The minimum absolute atomic E-state index is 0.316. The molecule has 0 saturated carbocycles. The second-order valence-electron chi connectivity index (χ2n) is 3.10. The molecule has 0 aliphatic rings. The predicted molar refractivity (Wildman–Crippen MR) is 61.1 cm³/mol. The molecule has 0 amide bonds. The zero-order valence-corrected chi connectivity index (χ0v) is 9.92. The van der Waals surface area contributed by atoms with Crippen LogP contribution in [0.4, 0.5) is 13.2 Å². The first kappa shape index (κ1) is 13.7. The number of rotatable bonds is 5. The van der Waals surface area contributed by atoms with E-state index in [0.717, 1.165) is 4.90 Å². The smallest absolute Gasteiger partial charge is 0.308 e. The van der Waals surface area contributed by atoms with Gasteiger partial charge in [-0.15, -0.1) is 11.8 Å². The second-order valence-corrected chi connectivity index (χ2v) is 4.70. The second kappa shape index (κ2) is 6.37. The van der Waals surface area contributed by atoms with Crippen LogP contribution in [0.5, 0.6) is 0 Å². The summed E-state index contributed by atoms with van der Waals surface area (Å²) in [6, 6.07) is 7.23. The molecule has 6 heteroatoms. The van der Waals surface area contributed by atoms with E-state index in [1.807, 2.05) is 12.1 Å². The number of alkyl halides is 3. The molecule has 0 atom stereocenters. The highest BCUT2D eigenvalue weighted by Crippen LogP contribution is 2.21. The predicted octanol–water partition coefficient (Wildman–Crippen LogP) is 3.58. The van der Waals surface area contributed by atoms with Crippen molar-refractivity contribution in [3.8, 4) is 0 Å². The summed E-state index contributed by atoms with van der Waals surface area (Å²) in [5, 5.41) is 2.96. The molecule has 0 bridgehead atoms. The van der Waals surface area contributed by atoms with Gasteiger partial charge in [0, 0.05) is 22.2 Å². The number of halogens is 4. The molecule has 0 spiro atoms. The number of hydrogen-bond donors (Lipinski definition) is 1. The van der Waals surface area contributed by atoms with E-state index in [9.17, 15) is 13.2 Å². The van der Waals surface area contributed by atoms with Crippen LogP contribution >= 0.6 is 23.4 Å². The third kappa shape index (κ3) is 6.25. The average Bonchev–Trinajstić information content (AvgIpc) is 2.15. The fourth-order valence-electron chi connectivity index (χ4n) is 1.03. The average molecular weight is 270 g/mol. The minimum atomic E-state index is -4.14. The molecule has 90 valence electrons. The molecule has 0 aliphatic heterocycles. The molecule has 0 fully saturated rings. The molecule has 0 heterocycles. The molecule has 1 aromatic rings. The highest BCUT2D eigenvalue weighted by molar-refractivity contribution is 7.99. The summed E-state index contributed by atoms with van der Waals surface area (Å²) in [4.78, 5) is 0.960. The Bertz CT molecular complexity index is 330. The van der Waals surface area contributed by atoms with Crippen molar-refractivity contribution >= 4 is 23.4 Å². The van der Waals surface area contributed by atoms with Gasteiger partial charge in [0.1, 0.15) is 0 Å². The molecule has 0 aliphatic carbocycles. The Kier molecular flexibility index (Phi) is 5.44. The van der Waals surface area contributed by atoms with E-state index >= 15 is 0 Å². The molecule has 0 unspecified atom stereocenters. The Balaban J connectivity index is 2.17. The number of thioether (sulfide) groups is 1. The van der Waals surface area contributed by atoms with Crippen LogP contribution in [0.3, 0.4) is 0 Å². The van der Waals surface area contributed by atoms with Crippen LogP contribution in [0.25, 0.3) is 0 Å². The van der Waals surface area contributed by atoms with Gasteiger partial charge in [-0.3, -0.25) is 0 Å². The fraction of sp³-hybridized carbons (Fsp3) is 0.400. The number of hydrogen-bond acceptors (Lipinski definition) is 2. The van der Waals surface area contributed by atoms with Crippen molar-refractivity contribution in [2.24, 2.45) is 0 Å². The molecular formula is C10H11ClF3NS. The van der Waals surface area contributed by atoms with Gasteiger partial charge in [-0.2, -0.15) is 13.2 Å². The summed E-state index contributed by atoms with van der Waals surface area (Å²) in [7, 11) is 0. The van der Waals surface area contributed by atoms with E-state index < -0.39 is 12.7 Å². The van der Waals surface area contributed by atoms with Gasteiger partial charge in [0.2, 0.25) is 0 Å². The third-order valence-electron chi connectivity index (χ3n) is 1.67. The quantitative estimate of drug-likeness (QED) is 0.648. The van der Waals surface area contributed by atoms with Crippen molar-refractivity contribution in [1.82, 2.24) is 5.32 Å². The molecule has 1 N–H and O–H groups in total. The zero-order valence-electron chi connectivity index (χ0n) is 8.35. The lowest BCUT2D eigenvalue weighted by Crippen LogP contribution is -2.30. The first-order valence-corrected chi connectivity index (χ1v) is 5.99. The van der Waals surface area contributed by atoms with E-state index in [0.29, 0.717) is 17.3 Å². The van der Waals surface area contributed by atoms with Crippen LogP contribution in [0.2, 0.25) is 5.02 Å². The number of nitrogens with one attached hydrogen (secondary N) is 1. The standard InChI is InChI=1S/C10H11ClF3NS/c11-8-2-1-3-9(6-8)16-5-4-15-7-10(12,13)14/h1-3,6,15H,4-5,7H2. The summed E-state index contributed by atoms with van der Waals surface area (Å²) >= 11 is 7.24. The Labute approximate surface area is 101 Å². The highest BCUT2D eigenvalue weighted by Gasteiger charge is 2.25. The first-order valence-electron chi connectivity index (χ1n) is 4.63. The van der Waals surface area contributed by atoms with E-state index in [1.165, 1.54) is 11.8 Å². The summed E-state index contributed by atoms with van der Waals surface area (Å²) in [5.74, 6) is 0.580. The molecule has 1 nitrogen and oxygen atoms in total. The summed E-state index contributed by atoms with van der Waals surface area (Å²) in [6.45, 7) is -0.625. The van der Waals surface area contributed by atoms with E-state index in [1.54, 1.807) is 12.1 Å². The van der Waals surface area contributed by atoms with Crippen molar-refractivity contribution in [1.29, 1.82) is 0 Å². The lowest BCUT2D eigenvalue weighted by atomic mass is 10.4. The van der Waals surface area contributed by atoms with Gasteiger partial charge in [-0.1, -0.05) is 17.7 Å². The van der Waals surface area contributed by atoms with Crippen molar-refractivity contribution in [3.05, 3.63) is 29.3 Å². The van der Waals surface area contributed by atoms with Gasteiger partial charge in [-0.25, -0.2) is 0 Å². The Morgan fingerprint density at radius 3 is 2.69 bits per heavy atom. The fourth-order valence-corrected chi connectivity index (χ4v) is 2.15. The maximum Gasteiger partial charge on any atom is 0.401 e. The molecule has 16 heavy (non-hydrogen) atoms. The van der Waals surface area contributed by atoms with E-state index in [4.69, 9.17) is 11.6 Å². The molecular weight excluding hydrogens is 259 g/mol. The highest BCUT2D eigenvalue weighted by atomic mass is 35.5. The largest absolute Gasteiger partial charge is 0.401 e. The summed E-state index contributed by atoms with van der Waals surface area (Å²) in [6.07, 6.45) is -4.14. The van der Waals surface area contributed by atoms with Gasteiger partial charge in [0.05, 0.1) is 6.54 Å². The first-order chi connectivity index (χ1) is 7.47. The topological polar surface area (TPSA) is 12.0 Å². The van der Waals surface area contributed by atoms with Crippen LogP contribution in [0, 0.1) is 0 Å². The maximum atomic E-state index is 11.8. The SMILES string of the molecule is FC(F)(F)CNCCSc1cccc(Cl)c1. The zero-order chi connectivity index (χ0) is 12.0. The van der Waals surface area contributed by atoms with Gasteiger partial charge in [-0.05, 0) is 18.2 Å². The monoisotopic (exact) mass is 269 g/mol. The molecule has 1 aromatic carbocycles. The summed E-state index contributed by atoms with van der Waals surface area (Å²) < 4.78 is 35.3. The minimum Gasteiger partial charge on any atom is -0.308 e. The van der Waals surface area contributed by atoms with Crippen molar-refractivity contribution < 1.29 is 13.2 Å². The molecule has 0 radical (unpaired) electrons. The van der Waals surface area contributed by atoms with Gasteiger partial charge < -0.3 is 5.32 Å². The van der Waals surface area contributed by atoms with E-state index in [2.05, 4.69) is 5.32 Å². The Morgan fingerprint density at radius 2 is 2.06 bits per heavy atom. The van der Waals surface area contributed by atoms with Crippen LogP contribution < -0.4 is 5.32 Å². The van der Waals surface area contributed by atoms with Crippen molar-refractivity contribution in [3.63, 3.8) is 0 Å². The van der Waals surface area contributed by atoms with Crippen molar-refractivity contribution in [2.45, 2.75) is 11.1 Å². The normalized spacial score (nSPS) is 11.8. The Morgan fingerprint density at radius 1 is 1.31 bits per heavy atom. The number of benzene rings is 1. The maximum absolute atomic E-state index is 11.8. The third-order valence-corrected chi connectivity index (χ3v) is 2.90. The molecule has 0 saturated heterocycles. The Hall–Kier alpha value is -0.390. The lowest BCUT2D eigenvalue weighted by Gasteiger charge is -2.07.